The number of halogens is 3. The molecule has 1 aromatic heterocycles. The lowest BCUT2D eigenvalue weighted by Crippen LogP contribution is -2.31. The molecule has 0 atom stereocenters. The molecule has 1 aromatic carbocycles. The number of piperidine rings is 1. The Hall–Kier alpha value is -0.140. The van der Waals surface area contributed by atoms with Crippen LogP contribution in [0.2, 0.25) is 0 Å². The van der Waals surface area contributed by atoms with Gasteiger partial charge in [-0.3, -0.25) is 0 Å². The van der Waals surface area contributed by atoms with Gasteiger partial charge in [0.05, 0.1) is 9.99 Å². The molecule has 0 bridgehead atoms. The molecule has 0 aliphatic carbocycles. The van der Waals surface area contributed by atoms with Crippen LogP contribution < -0.4 is 0 Å². The van der Waals surface area contributed by atoms with Gasteiger partial charge in [0, 0.05) is 21.2 Å². The Labute approximate surface area is 134 Å². The summed E-state index contributed by atoms with van der Waals surface area (Å²) in [5.41, 5.74) is 1.01. The Morgan fingerprint density at radius 1 is 1.32 bits per heavy atom. The molecule has 1 aliphatic heterocycles. The molecule has 1 saturated heterocycles. The van der Waals surface area contributed by atoms with Crippen molar-refractivity contribution in [3.8, 4) is 0 Å². The van der Waals surface area contributed by atoms with Crippen LogP contribution in [0.25, 0.3) is 10.9 Å². The van der Waals surface area contributed by atoms with Crippen molar-refractivity contribution in [2.75, 3.05) is 20.1 Å². The number of rotatable bonds is 1. The first kappa shape index (κ1) is 13.8. The molecule has 1 fully saturated rings. The Kier molecular flexibility index (Phi) is 3.88. The maximum Gasteiger partial charge on any atom is 0.139 e. The summed E-state index contributed by atoms with van der Waals surface area (Å²) >= 11 is 5.60. The molecule has 0 spiro atoms. The number of fused-ring (bicyclic) bond motifs is 1. The number of hydrogen-bond donors (Lipinski definition) is 0. The van der Waals surface area contributed by atoms with Crippen LogP contribution in [-0.2, 0) is 0 Å². The molecular weight excluding hydrogens is 422 g/mol. The minimum atomic E-state index is -0.184. The zero-order valence-corrected chi connectivity index (χ0v) is 14.4. The van der Waals surface area contributed by atoms with Crippen molar-refractivity contribution in [2.24, 2.45) is 0 Å². The molecule has 0 amide bonds. The topological polar surface area (TPSA) is 8.17 Å². The maximum absolute atomic E-state index is 13.8. The van der Waals surface area contributed by atoms with E-state index in [4.69, 9.17) is 0 Å². The van der Waals surface area contributed by atoms with Gasteiger partial charge in [-0.05, 0) is 83.6 Å². The van der Waals surface area contributed by atoms with E-state index in [-0.39, 0.29) is 5.82 Å². The summed E-state index contributed by atoms with van der Waals surface area (Å²) in [5.74, 6) is -0.184. The Balaban J connectivity index is 2.06. The Morgan fingerprint density at radius 2 is 2.00 bits per heavy atom. The monoisotopic (exact) mass is 436 g/mol. The van der Waals surface area contributed by atoms with E-state index in [1.807, 2.05) is 6.07 Å². The van der Waals surface area contributed by atoms with Gasteiger partial charge in [-0.1, -0.05) is 0 Å². The number of aromatic nitrogens is 1. The lowest BCUT2D eigenvalue weighted by molar-refractivity contribution is 0.224. The van der Waals surface area contributed by atoms with Crippen molar-refractivity contribution >= 4 is 49.4 Å². The highest BCUT2D eigenvalue weighted by molar-refractivity contribution is 14.1. The van der Waals surface area contributed by atoms with Crippen LogP contribution in [0.1, 0.15) is 18.9 Å². The van der Waals surface area contributed by atoms with Crippen LogP contribution in [-0.4, -0.2) is 29.6 Å². The molecular formula is C14H15BrFIN2. The van der Waals surface area contributed by atoms with Crippen LogP contribution in [0.3, 0.4) is 0 Å². The average molecular weight is 437 g/mol. The van der Waals surface area contributed by atoms with Gasteiger partial charge >= 0.3 is 0 Å². The third-order valence-corrected chi connectivity index (χ3v) is 5.38. The summed E-state index contributed by atoms with van der Waals surface area (Å²) in [4.78, 5) is 2.35. The Bertz CT molecular complexity index is 617. The number of benzene rings is 1. The summed E-state index contributed by atoms with van der Waals surface area (Å²) in [6, 6.07) is 4.03. The first-order valence-electron chi connectivity index (χ1n) is 6.40. The lowest BCUT2D eigenvalue weighted by Gasteiger charge is -2.30. The van der Waals surface area contributed by atoms with Gasteiger partial charge in [0.2, 0.25) is 0 Å². The van der Waals surface area contributed by atoms with Crippen molar-refractivity contribution in [3.63, 3.8) is 0 Å². The van der Waals surface area contributed by atoms with Crippen molar-refractivity contribution in [3.05, 3.63) is 32.2 Å². The molecule has 3 rings (SSSR count). The molecule has 2 nitrogen and oxygen atoms in total. The third-order valence-electron chi connectivity index (χ3n) is 3.91. The fourth-order valence-electron chi connectivity index (χ4n) is 2.78. The largest absolute Gasteiger partial charge is 0.343 e. The third kappa shape index (κ3) is 2.56. The fourth-order valence-corrected chi connectivity index (χ4v) is 3.85. The fraction of sp³-hybridized carbons (Fsp3) is 0.429. The van der Waals surface area contributed by atoms with E-state index in [1.165, 1.54) is 3.57 Å². The predicted molar refractivity (Wildman–Crippen MR) is 88.1 cm³/mol. The van der Waals surface area contributed by atoms with Crippen LogP contribution >= 0.6 is 38.5 Å². The Morgan fingerprint density at radius 3 is 2.68 bits per heavy atom. The second kappa shape index (κ2) is 5.33. The second-order valence-corrected chi connectivity index (χ2v) is 7.22. The van der Waals surface area contributed by atoms with E-state index in [9.17, 15) is 4.39 Å². The van der Waals surface area contributed by atoms with Crippen LogP contribution in [0.15, 0.2) is 22.8 Å². The molecule has 5 heteroatoms. The van der Waals surface area contributed by atoms with Gasteiger partial charge in [0.1, 0.15) is 5.82 Å². The minimum absolute atomic E-state index is 0.184. The molecule has 1 aliphatic rings. The normalized spacial score (nSPS) is 18.3. The number of likely N-dealkylation sites (tertiary alicyclic amines) is 1. The van der Waals surface area contributed by atoms with E-state index in [2.05, 4.69) is 61.2 Å². The molecule has 0 N–H and O–H groups in total. The van der Waals surface area contributed by atoms with Crippen LogP contribution in [0.5, 0.6) is 0 Å². The highest BCUT2D eigenvalue weighted by Gasteiger charge is 2.21. The zero-order chi connectivity index (χ0) is 13.6. The highest BCUT2D eigenvalue weighted by atomic mass is 127. The molecule has 2 aromatic rings. The standard InChI is InChI=1S/C14H15BrFIN2/c1-18-4-2-9(3-5-18)19-8-13(17)10-6-11(15)12(16)7-14(10)19/h6-9H,2-5H2,1H3. The zero-order valence-electron chi connectivity index (χ0n) is 10.7. The van der Waals surface area contributed by atoms with Gasteiger partial charge in [0.25, 0.3) is 0 Å². The molecule has 102 valence electrons. The lowest BCUT2D eigenvalue weighted by atomic mass is 10.1. The van der Waals surface area contributed by atoms with E-state index >= 15 is 0 Å². The highest BCUT2D eigenvalue weighted by Crippen LogP contribution is 2.33. The van der Waals surface area contributed by atoms with E-state index in [0.29, 0.717) is 10.5 Å². The van der Waals surface area contributed by atoms with Gasteiger partial charge < -0.3 is 9.47 Å². The minimum Gasteiger partial charge on any atom is -0.343 e. The van der Waals surface area contributed by atoms with Crippen molar-refractivity contribution in [2.45, 2.75) is 18.9 Å². The quantitative estimate of drug-likeness (QED) is 0.601. The maximum atomic E-state index is 13.8. The van der Waals surface area contributed by atoms with Gasteiger partial charge in [-0.25, -0.2) is 4.39 Å². The number of nitrogens with zero attached hydrogens (tertiary/aromatic N) is 2. The van der Waals surface area contributed by atoms with E-state index in [1.54, 1.807) is 6.07 Å². The van der Waals surface area contributed by atoms with Crippen molar-refractivity contribution < 1.29 is 4.39 Å². The molecule has 0 radical (unpaired) electrons. The number of hydrogen-bond acceptors (Lipinski definition) is 1. The summed E-state index contributed by atoms with van der Waals surface area (Å²) in [5, 5.41) is 1.13. The molecule has 0 saturated carbocycles. The molecule has 0 unspecified atom stereocenters. The van der Waals surface area contributed by atoms with Crippen molar-refractivity contribution in [1.29, 1.82) is 0 Å². The summed E-state index contributed by atoms with van der Waals surface area (Å²) in [7, 11) is 2.16. The summed E-state index contributed by atoms with van der Waals surface area (Å²) in [6.45, 7) is 2.22. The van der Waals surface area contributed by atoms with Crippen LogP contribution in [0.4, 0.5) is 4.39 Å². The first-order chi connectivity index (χ1) is 9.06. The SMILES string of the molecule is CN1CCC(n2cc(I)c3cc(Br)c(F)cc32)CC1. The summed E-state index contributed by atoms with van der Waals surface area (Å²) < 4.78 is 17.8. The van der Waals surface area contributed by atoms with Gasteiger partial charge in [-0.15, -0.1) is 0 Å². The average Bonchev–Trinajstić information content (AvgIpc) is 2.69. The smallest absolute Gasteiger partial charge is 0.139 e. The van der Waals surface area contributed by atoms with Gasteiger partial charge in [0.15, 0.2) is 0 Å². The molecule has 2 heterocycles. The first-order valence-corrected chi connectivity index (χ1v) is 8.27. The summed E-state index contributed by atoms with van der Waals surface area (Å²) in [6.07, 6.45) is 4.43. The van der Waals surface area contributed by atoms with Gasteiger partial charge in [-0.2, -0.15) is 0 Å². The van der Waals surface area contributed by atoms with E-state index < -0.39 is 0 Å². The second-order valence-electron chi connectivity index (χ2n) is 5.20. The molecule has 19 heavy (non-hydrogen) atoms. The van der Waals surface area contributed by atoms with Crippen molar-refractivity contribution in [1.82, 2.24) is 9.47 Å². The predicted octanol–water partition coefficient (Wildman–Crippen LogP) is 4.41. The van der Waals surface area contributed by atoms with Crippen LogP contribution in [0, 0.1) is 9.39 Å². The van der Waals surface area contributed by atoms with E-state index in [0.717, 1.165) is 36.8 Å².